The quantitative estimate of drug-likeness (QED) is 0.248. The van der Waals surface area contributed by atoms with Gasteiger partial charge in [-0.3, -0.25) is 0 Å². The number of carboxylic acid groups (broad SMARTS) is 2. The van der Waals surface area contributed by atoms with Crippen molar-refractivity contribution in [2.75, 3.05) is 0 Å². The summed E-state index contributed by atoms with van der Waals surface area (Å²) < 4.78 is 0. The van der Waals surface area contributed by atoms with Gasteiger partial charge in [-0.2, -0.15) is 0 Å². The zero-order valence-electron chi connectivity index (χ0n) is 16.4. The number of aliphatic carboxylic acids is 2. The van der Waals surface area contributed by atoms with Crippen LogP contribution in [0.2, 0.25) is 0 Å². The predicted octanol–water partition coefficient (Wildman–Crippen LogP) is 3.15. The van der Waals surface area contributed by atoms with Crippen LogP contribution in [-0.4, -0.2) is 49.7 Å². The van der Waals surface area contributed by atoms with Crippen molar-refractivity contribution in [1.29, 1.82) is 0 Å². The maximum Gasteiger partial charge on any atom is 2.00 e. The van der Waals surface area contributed by atoms with Crippen LogP contribution in [0.25, 0.3) is 0 Å². The molecular weight excluding hydrogens is 344 g/mol. The van der Waals surface area contributed by atoms with Crippen LogP contribution in [0.1, 0.15) is 104 Å². The fourth-order valence-electron chi connectivity index (χ4n) is 2.34. The Kier molecular flexibility index (Phi) is 31.1. The van der Waals surface area contributed by atoms with Crippen LogP contribution in [0.4, 0.5) is 0 Å². The predicted molar refractivity (Wildman–Crippen MR) is 101 cm³/mol. The van der Waals surface area contributed by atoms with Gasteiger partial charge in [0.25, 0.3) is 0 Å². The first-order chi connectivity index (χ1) is 11.5. The smallest absolute Gasteiger partial charge is 0.550 e. The van der Waals surface area contributed by atoms with Crippen molar-refractivity contribution in [3.8, 4) is 0 Å². The molecule has 0 aliphatic heterocycles. The number of carbonyl (C=O) groups excluding carboxylic acids is 2. The van der Waals surface area contributed by atoms with Gasteiger partial charge in [0.2, 0.25) is 0 Å². The molecule has 0 N–H and O–H groups in total. The number of hydrogen-bond donors (Lipinski definition) is 0. The number of unbranched alkanes of at least 4 members (excludes halogenated alkanes) is 11. The molecule has 0 fully saturated rings. The Hall–Kier alpha value is -0.0603. The van der Waals surface area contributed by atoms with Gasteiger partial charge in [-0.1, -0.05) is 70.4 Å². The molecule has 0 bridgehead atoms. The zero-order chi connectivity index (χ0) is 18.5. The van der Waals surface area contributed by atoms with Crippen LogP contribution < -0.4 is 10.2 Å². The SMILES string of the molecule is CC(=O)[O-].CCCCCCCC/C=C/CCCCCCCC(=O)[O-].[Ca+2]. The minimum atomic E-state index is -1.08. The van der Waals surface area contributed by atoms with E-state index in [2.05, 4.69) is 19.1 Å². The van der Waals surface area contributed by atoms with E-state index < -0.39 is 11.9 Å². The molecule has 4 nitrogen and oxygen atoms in total. The van der Waals surface area contributed by atoms with Crippen LogP contribution in [0.5, 0.6) is 0 Å². The first-order valence-corrected chi connectivity index (χ1v) is 9.53. The summed E-state index contributed by atoms with van der Waals surface area (Å²) in [5.74, 6) is -2.00. The normalized spacial score (nSPS) is 10.0. The Labute approximate surface area is 184 Å². The average molecular weight is 381 g/mol. The van der Waals surface area contributed by atoms with E-state index in [1.807, 2.05) is 0 Å². The van der Waals surface area contributed by atoms with Crippen LogP contribution in [0.3, 0.4) is 0 Å². The van der Waals surface area contributed by atoms with Crippen LogP contribution in [0, 0.1) is 0 Å². The standard InChI is InChI=1S/C18H34O2.C2H4O2.Ca/c1-2-3-4-5-6-7-8-9-10-11-12-13-14-15-16-17-18(19)20;1-2(3)4;/h9-10H,2-8,11-17H2,1H3,(H,19,20);1H3,(H,3,4);/q;;+2/p-2/b10-9+;;. The molecule has 0 aliphatic rings. The van der Waals surface area contributed by atoms with Gasteiger partial charge >= 0.3 is 37.7 Å². The van der Waals surface area contributed by atoms with E-state index in [0.717, 1.165) is 26.2 Å². The molecule has 0 heterocycles. The third-order valence-corrected chi connectivity index (χ3v) is 3.64. The Bertz CT molecular complexity index is 313. The third-order valence-electron chi connectivity index (χ3n) is 3.64. The first kappa shape index (κ1) is 29.7. The van der Waals surface area contributed by atoms with Crippen molar-refractivity contribution in [3.05, 3.63) is 12.2 Å². The topological polar surface area (TPSA) is 80.3 Å². The molecule has 0 unspecified atom stereocenters. The van der Waals surface area contributed by atoms with Crippen molar-refractivity contribution < 1.29 is 19.8 Å². The van der Waals surface area contributed by atoms with Crippen molar-refractivity contribution in [2.24, 2.45) is 0 Å². The van der Waals surface area contributed by atoms with Crippen molar-refractivity contribution in [2.45, 2.75) is 104 Å². The van der Waals surface area contributed by atoms with E-state index >= 15 is 0 Å². The summed E-state index contributed by atoms with van der Waals surface area (Å²) >= 11 is 0. The molecule has 5 heteroatoms. The number of rotatable bonds is 15. The second-order valence-electron chi connectivity index (χ2n) is 6.20. The van der Waals surface area contributed by atoms with Gasteiger partial charge in [-0.25, -0.2) is 0 Å². The minimum Gasteiger partial charge on any atom is -0.550 e. The molecular formula is C20H36CaO4. The Morgan fingerprint density at radius 2 is 1.08 bits per heavy atom. The summed E-state index contributed by atoms with van der Waals surface area (Å²) in [6.07, 6.45) is 20.9. The van der Waals surface area contributed by atoms with E-state index in [1.165, 1.54) is 64.2 Å². The van der Waals surface area contributed by atoms with E-state index in [-0.39, 0.29) is 44.2 Å². The monoisotopic (exact) mass is 380 g/mol. The number of carbonyl (C=O) groups is 2. The summed E-state index contributed by atoms with van der Waals surface area (Å²) in [6.45, 7) is 3.23. The van der Waals surface area contributed by atoms with Gasteiger partial charge in [-0.05, 0) is 45.4 Å². The molecule has 0 rings (SSSR count). The second-order valence-corrected chi connectivity index (χ2v) is 6.20. The summed E-state index contributed by atoms with van der Waals surface area (Å²) in [4.78, 5) is 19.1. The Morgan fingerprint density at radius 1 is 0.720 bits per heavy atom. The van der Waals surface area contributed by atoms with Gasteiger partial charge in [0.15, 0.2) is 0 Å². The van der Waals surface area contributed by atoms with Crippen LogP contribution in [0.15, 0.2) is 12.2 Å². The number of allylic oxidation sites excluding steroid dienone is 2. The van der Waals surface area contributed by atoms with Crippen LogP contribution in [-0.2, 0) is 9.59 Å². The van der Waals surface area contributed by atoms with Crippen LogP contribution >= 0.6 is 0 Å². The fraction of sp³-hybridized carbons (Fsp3) is 0.800. The van der Waals surface area contributed by atoms with Gasteiger partial charge in [-0.15, -0.1) is 0 Å². The number of carboxylic acids is 2. The average Bonchev–Trinajstić information content (AvgIpc) is 2.50. The molecule has 0 saturated heterocycles. The molecule has 0 aliphatic carbocycles. The summed E-state index contributed by atoms with van der Waals surface area (Å²) in [7, 11) is 0. The van der Waals surface area contributed by atoms with Gasteiger partial charge in [0.05, 0.1) is 0 Å². The summed E-state index contributed by atoms with van der Waals surface area (Å²) in [5.41, 5.74) is 0. The molecule has 142 valence electrons. The molecule has 0 aromatic heterocycles. The van der Waals surface area contributed by atoms with E-state index in [0.29, 0.717) is 0 Å². The van der Waals surface area contributed by atoms with Gasteiger partial charge in [0, 0.05) is 11.9 Å². The largest absolute Gasteiger partial charge is 2.00 e. The zero-order valence-corrected chi connectivity index (χ0v) is 18.6. The summed E-state index contributed by atoms with van der Waals surface area (Å²) in [5, 5.41) is 19.1. The fourth-order valence-corrected chi connectivity index (χ4v) is 2.34. The van der Waals surface area contributed by atoms with Gasteiger partial charge in [0.1, 0.15) is 0 Å². The molecule has 25 heavy (non-hydrogen) atoms. The van der Waals surface area contributed by atoms with Crippen molar-refractivity contribution >= 4 is 49.7 Å². The molecule has 0 radical (unpaired) electrons. The molecule has 0 saturated carbocycles. The first-order valence-electron chi connectivity index (χ1n) is 9.53. The molecule has 0 spiro atoms. The third kappa shape index (κ3) is 40.2. The molecule has 0 aromatic rings. The molecule has 0 atom stereocenters. The Balaban J connectivity index is -0.000000867. The molecule has 0 aromatic carbocycles. The maximum absolute atomic E-state index is 10.2. The van der Waals surface area contributed by atoms with E-state index in [1.54, 1.807) is 0 Å². The Morgan fingerprint density at radius 3 is 1.48 bits per heavy atom. The van der Waals surface area contributed by atoms with Gasteiger partial charge < -0.3 is 19.8 Å². The van der Waals surface area contributed by atoms with Crippen molar-refractivity contribution in [1.82, 2.24) is 0 Å². The van der Waals surface area contributed by atoms with E-state index in [9.17, 15) is 9.90 Å². The number of hydrogen-bond acceptors (Lipinski definition) is 4. The van der Waals surface area contributed by atoms with E-state index in [4.69, 9.17) is 9.90 Å². The minimum absolute atomic E-state index is 0. The summed E-state index contributed by atoms with van der Waals surface area (Å²) in [6, 6.07) is 0. The second kappa shape index (κ2) is 26.2. The molecule has 0 amide bonds. The van der Waals surface area contributed by atoms with Crippen molar-refractivity contribution in [3.63, 3.8) is 0 Å². The maximum atomic E-state index is 10.2.